The predicted molar refractivity (Wildman–Crippen MR) is 71.2 cm³/mol. The van der Waals surface area contributed by atoms with Crippen molar-refractivity contribution in [1.82, 2.24) is 19.1 Å². The molecule has 2 heterocycles. The Labute approximate surface area is 109 Å². The van der Waals surface area contributed by atoms with Crippen molar-refractivity contribution in [3.63, 3.8) is 0 Å². The van der Waals surface area contributed by atoms with Gasteiger partial charge in [0.2, 0.25) is 5.95 Å². The zero-order chi connectivity index (χ0) is 13.4. The van der Waals surface area contributed by atoms with Crippen LogP contribution in [0.3, 0.4) is 0 Å². The number of nitrogens with two attached hydrogens (primary N) is 1. The van der Waals surface area contributed by atoms with E-state index in [1.165, 1.54) is 0 Å². The number of aromatic nitrogens is 4. The molecule has 6 nitrogen and oxygen atoms in total. The third kappa shape index (κ3) is 1.81. The minimum atomic E-state index is 0.424. The van der Waals surface area contributed by atoms with Crippen LogP contribution in [-0.4, -0.2) is 19.1 Å². The fourth-order valence-electron chi connectivity index (χ4n) is 2.07. The average Bonchev–Trinajstić information content (AvgIpc) is 2.94. The summed E-state index contributed by atoms with van der Waals surface area (Å²) < 4.78 is 3.79. The van der Waals surface area contributed by atoms with Gasteiger partial charge in [-0.3, -0.25) is 0 Å². The van der Waals surface area contributed by atoms with Crippen molar-refractivity contribution < 1.29 is 0 Å². The number of nitrogens with zero attached hydrogens (tertiary/aromatic N) is 5. The largest absolute Gasteiger partial charge is 0.369 e. The number of hydrogen-bond donors (Lipinski definition) is 1. The lowest BCUT2D eigenvalue weighted by molar-refractivity contribution is 0.720. The van der Waals surface area contributed by atoms with Crippen LogP contribution in [0.5, 0.6) is 0 Å². The molecule has 19 heavy (non-hydrogen) atoms. The van der Waals surface area contributed by atoms with Gasteiger partial charge in [0.05, 0.1) is 29.2 Å². The molecule has 0 aliphatic carbocycles. The van der Waals surface area contributed by atoms with E-state index in [-0.39, 0.29) is 0 Å². The van der Waals surface area contributed by atoms with Crippen molar-refractivity contribution in [2.24, 2.45) is 7.05 Å². The quantitative estimate of drug-likeness (QED) is 0.744. The van der Waals surface area contributed by atoms with Crippen molar-refractivity contribution >= 4 is 17.0 Å². The third-order valence-corrected chi connectivity index (χ3v) is 3.13. The highest BCUT2D eigenvalue weighted by Crippen LogP contribution is 2.20. The number of hydrogen-bond acceptors (Lipinski definition) is 4. The van der Waals surface area contributed by atoms with Gasteiger partial charge in [-0.1, -0.05) is 0 Å². The van der Waals surface area contributed by atoms with Crippen molar-refractivity contribution in [2.45, 2.75) is 6.54 Å². The van der Waals surface area contributed by atoms with Crippen LogP contribution in [0.1, 0.15) is 11.4 Å². The number of imidazole rings is 2. The van der Waals surface area contributed by atoms with E-state index in [2.05, 4.69) is 16.0 Å². The summed E-state index contributed by atoms with van der Waals surface area (Å²) in [5.41, 5.74) is 8.16. The van der Waals surface area contributed by atoms with Gasteiger partial charge < -0.3 is 14.9 Å². The van der Waals surface area contributed by atoms with Gasteiger partial charge in [-0.2, -0.15) is 5.26 Å². The molecule has 0 spiro atoms. The molecular weight excluding hydrogens is 240 g/mol. The number of benzene rings is 1. The van der Waals surface area contributed by atoms with E-state index in [4.69, 9.17) is 11.0 Å². The van der Waals surface area contributed by atoms with Crippen molar-refractivity contribution in [1.29, 1.82) is 5.26 Å². The fraction of sp³-hybridized carbons (Fsp3) is 0.154. The summed E-state index contributed by atoms with van der Waals surface area (Å²) in [4.78, 5) is 8.57. The summed E-state index contributed by atoms with van der Waals surface area (Å²) in [6.45, 7) is 0.528. The molecule has 3 aromatic rings. The second kappa shape index (κ2) is 4.14. The topological polar surface area (TPSA) is 85.4 Å². The summed E-state index contributed by atoms with van der Waals surface area (Å²) in [6.07, 6.45) is 3.62. The molecule has 0 amide bonds. The minimum Gasteiger partial charge on any atom is -0.369 e. The van der Waals surface area contributed by atoms with Crippen LogP contribution in [-0.2, 0) is 13.6 Å². The van der Waals surface area contributed by atoms with Gasteiger partial charge >= 0.3 is 0 Å². The van der Waals surface area contributed by atoms with Crippen LogP contribution in [0.2, 0.25) is 0 Å². The SMILES string of the molecule is Cn1ccnc1Cn1c(N)nc2ccc(C#N)cc21. The molecule has 0 saturated carbocycles. The highest BCUT2D eigenvalue weighted by Gasteiger charge is 2.11. The maximum Gasteiger partial charge on any atom is 0.201 e. The Hall–Kier alpha value is -2.81. The molecule has 0 unspecified atom stereocenters. The molecule has 0 atom stereocenters. The van der Waals surface area contributed by atoms with Crippen LogP contribution in [0.15, 0.2) is 30.6 Å². The Morgan fingerprint density at radius 2 is 2.26 bits per heavy atom. The van der Waals surface area contributed by atoms with E-state index in [1.54, 1.807) is 24.4 Å². The van der Waals surface area contributed by atoms with Crippen LogP contribution < -0.4 is 5.73 Å². The Morgan fingerprint density at radius 1 is 1.42 bits per heavy atom. The van der Waals surface area contributed by atoms with Gasteiger partial charge in [0.15, 0.2) is 0 Å². The molecule has 0 aliphatic rings. The van der Waals surface area contributed by atoms with E-state index in [0.29, 0.717) is 18.1 Å². The highest BCUT2D eigenvalue weighted by molar-refractivity contribution is 5.79. The number of rotatable bonds is 2. The molecule has 0 aliphatic heterocycles. The summed E-state index contributed by atoms with van der Waals surface area (Å²) >= 11 is 0. The van der Waals surface area contributed by atoms with E-state index in [9.17, 15) is 0 Å². The van der Waals surface area contributed by atoms with Crippen LogP contribution >= 0.6 is 0 Å². The molecule has 2 N–H and O–H groups in total. The first-order chi connectivity index (χ1) is 9.19. The van der Waals surface area contributed by atoms with Crippen LogP contribution in [0, 0.1) is 11.3 Å². The number of fused-ring (bicyclic) bond motifs is 1. The van der Waals surface area contributed by atoms with Gasteiger partial charge in [0.25, 0.3) is 0 Å². The summed E-state index contributed by atoms with van der Waals surface area (Å²) in [6, 6.07) is 7.46. The number of aryl methyl sites for hydroxylation is 1. The average molecular weight is 252 g/mol. The van der Waals surface area contributed by atoms with Gasteiger partial charge in [-0.25, -0.2) is 9.97 Å². The molecule has 0 radical (unpaired) electrons. The second-order valence-electron chi connectivity index (χ2n) is 4.33. The monoisotopic (exact) mass is 252 g/mol. The maximum absolute atomic E-state index is 8.97. The molecule has 3 rings (SSSR count). The number of nitrogen functional groups attached to an aromatic ring is 1. The highest BCUT2D eigenvalue weighted by atomic mass is 15.2. The van der Waals surface area contributed by atoms with Gasteiger partial charge in [0.1, 0.15) is 5.82 Å². The third-order valence-electron chi connectivity index (χ3n) is 3.13. The Balaban J connectivity index is 2.15. The first-order valence-electron chi connectivity index (χ1n) is 5.81. The normalized spacial score (nSPS) is 10.7. The zero-order valence-corrected chi connectivity index (χ0v) is 10.4. The van der Waals surface area contributed by atoms with E-state index < -0.39 is 0 Å². The zero-order valence-electron chi connectivity index (χ0n) is 10.4. The number of anilines is 1. The fourth-order valence-corrected chi connectivity index (χ4v) is 2.07. The molecule has 94 valence electrons. The molecule has 0 fully saturated rings. The van der Waals surface area contributed by atoms with Crippen molar-refractivity contribution in [2.75, 3.05) is 5.73 Å². The molecule has 0 saturated heterocycles. The molecule has 6 heteroatoms. The minimum absolute atomic E-state index is 0.424. The smallest absolute Gasteiger partial charge is 0.201 e. The summed E-state index contributed by atoms with van der Waals surface area (Å²) in [5, 5.41) is 8.97. The van der Waals surface area contributed by atoms with E-state index in [1.807, 2.05) is 22.4 Å². The lowest BCUT2D eigenvalue weighted by Crippen LogP contribution is -2.08. The predicted octanol–water partition coefficient (Wildman–Crippen LogP) is 1.27. The first kappa shape index (κ1) is 11.3. The summed E-state index contributed by atoms with van der Waals surface area (Å²) in [7, 11) is 1.93. The summed E-state index contributed by atoms with van der Waals surface area (Å²) in [5.74, 6) is 1.31. The van der Waals surface area contributed by atoms with Crippen molar-refractivity contribution in [3.8, 4) is 6.07 Å². The lowest BCUT2D eigenvalue weighted by Gasteiger charge is -2.06. The van der Waals surface area contributed by atoms with E-state index in [0.717, 1.165) is 16.9 Å². The Bertz CT molecular complexity index is 789. The molecule has 0 bridgehead atoms. The second-order valence-corrected chi connectivity index (χ2v) is 4.33. The van der Waals surface area contributed by atoms with Crippen LogP contribution in [0.25, 0.3) is 11.0 Å². The van der Waals surface area contributed by atoms with Gasteiger partial charge in [-0.05, 0) is 18.2 Å². The van der Waals surface area contributed by atoms with E-state index >= 15 is 0 Å². The van der Waals surface area contributed by atoms with Gasteiger partial charge in [-0.15, -0.1) is 0 Å². The van der Waals surface area contributed by atoms with Gasteiger partial charge in [0, 0.05) is 19.4 Å². The number of nitriles is 1. The standard InChI is InChI=1S/C13H12N6/c1-18-5-4-16-12(18)8-19-11-6-9(7-14)2-3-10(11)17-13(19)15/h2-6H,8H2,1H3,(H2,15,17). The Morgan fingerprint density at radius 3 is 2.95 bits per heavy atom. The molecular formula is C13H12N6. The molecule has 1 aromatic carbocycles. The maximum atomic E-state index is 8.97. The van der Waals surface area contributed by atoms with Crippen molar-refractivity contribution in [3.05, 3.63) is 42.0 Å². The first-order valence-corrected chi connectivity index (χ1v) is 5.81. The molecule has 2 aromatic heterocycles. The lowest BCUT2D eigenvalue weighted by atomic mass is 10.2. The Kier molecular flexibility index (Phi) is 2.46. The van der Waals surface area contributed by atoms with Crippen LogP contribution in [0.4, 0.5) is 5.95 Å².